The molecular weight excluding hydrogens is 196 g/mol. The van der Waals surface area contributed by atoms with E-state index in [1.807, 2.05) is 0 Å². The lowest BCUT2D eigenvalue weighted by atomic mass is 9.88. The van der Waals surface area contributed by atoms with E-state index in [1.165, 1.54) is 32.1 Å². The molecule has 14 heavy (non-hydrogen) atoms. The molecule has 0 spiro atoms. The van der Waals surface area contributed by atoms with Gasteiger partial charge in [0.1, 0.15) is 0 Å². The molecule has 0 N–H and O–H groups in total. The summed E-state index contributed by atoms with van der Waals surface area (Å²) in [5.74, 6) is 1.52. The molecular formula is C12H21ClO. The maximum atomic E-state index is 6.42. The Balaban J connectivity index is 1.87. The quantitative estimate of drug-likeness (QED) is 0.641. The van der Waals surface area contributed by atoms with E-state index < -0.39 is 0 Å². The molecule has 2 fully saturated rings. The Morgan fingerprint density at radius 2 is 1.93 bits per heavy atom. The third-order valence-electron chi connectivity index (χ3n) is 3.86. The van der Waals surface area contributed by atoms with Crippen molar-refractivity contribution in [2.45, 2.75) is 56.9 Å². The van der Waals surface area contributed by atoms with Gasteiger partial charge >= 0.3 is 0 Å². The average Bonchev–Trinajstić information content (AvgIpc) is 2.70. The van der Waals surface area contributed by atoms with Crippen molar-refractivity contribution in [3.05, 3.63) is 0 Å². The first-order valence-corrected chi connectivity index (χ1v) is 6.31. The third kappa shape index (κ3) is 2.09. The minimum atomic E-state index is -0.106. The summed E-state index contributed by atoms with van der Waals surface area (Å²) in [4.78, 5) is 0. The molecule has 0 aromatic carbocycles. The van der Waals surface area contributed by atoms with E-state index in [-0.39, 0.29) is 11.0 Å². The van der Waals surface area contributed by atoms with Gasteiger partial charge < -0.3 is 4.74 Å². The number of ether oxygens (including phenoxy) is 1. The second-order valence-corrected chi connectivity index (χ2v) is 5.93. The summed E-state index contributed by atoms with van der Waals surface area (Å²) < 4.78 is 5.74. The second kappa shape index (κ2) is 4.02. The molecule has 1 aliphatic heterocycles. The Labute approximate surface area is 92.2 Å². The van der Waals surface area contributed by atoms with Crippen LogP contribution in [-0.4, -0.2) is 17.6 Å². The van der Waals surface area contributed by atoms with Crippen molar-refractivity contribution < 1.29 is 4.74 Å². The number of alkyl halides is 1. The van der Waals surface area contributed by atoms with Crippen LogP contribution in [0.2, 0.25) is 0 Å². The Morgan fingerprint density at radius 3 is 2.43 bits per heavy atom. The minimum absolute atomic E-state index is 0.106. The lowest BCUT2D eigenvalue weighted by Gasteiger charge is -2.24. The fourth-order valence-corrected chi connectivity index (χ4v) is 3.15. The zero-order valence-corrected chi connectivity index (χ0v) is 10.0. The Kier molecular flexibility index (Phi) is 3.09. The molecule has 2 rings (SSSR count). The Hall–Kier alpha value is 0.250. The molecule has 1 nitrogen and oxygen atoms in total. The van der Waals surface area contributed by atoms with Gasteiger partial charge in [-0.05, 0) is 26.2 Å². The van der Waals surface area contributed by atoms with Crippen molar-refractivity contribution >= 4 is 11.6 Å². The summed E-state index contributed by atoms with van der Waals surface area (Å²) in [7, 11) is 0. The summed E-state index contributed by atoms with van der Waals surface area (Å²) in [5.41, 5.74) is -0.106. The predicted octanol–water partition coefficient (Wildman–Crippen LogP) is 3.60. The van der Waals surface area contributed by atoms with Crippen LogP contribution in [0.25, 0.3) is 0 Å². The van der Waals surface area contributed by atoms with E-state index in [0.717, 1.165) is 12.5 Å². The van der Waals surface area contributed by atoms with Crippen LogP contribution in [0.1, 0.15) is 46.0 Å². The largest absolute Gasteiger partial charge is 0.374 e. The van der Waals surface area contributed by atoms with Gasteiger partial charge in [-0.15, -0.1) is 11.6 Å². The van der Waals surface area contributed by atoms with Crippen LogP contribution in [0.5, 0.6) is 0 Å². The van der Waals surface area contributed by atoms with Crippen LogP contribution < -0.4 is 0 Å². The van der Waals surface area contributed by atoms with Crippen molar-refractivity contribution in [1.29, 1.82) is 0 Å². The van der Waals surface area contributed by atoms with Crippen molar-refractivity contribution in [2.24, 2.45) is 11.8 Å². The molecule has 2 atom stereocenters. The van der Waals surface area contributed by atoms with Gasteiger partial charge in [0.2, 0.25) is 0 Å². The number of rotatable bonds is 2. The van der Waals surface area contributed by atoms with Crippen molar-refractivity contribution in [3.8, 4) is 0 Å². The van der Waals surface area contributed by atoms with Crippen LogP contribution in [0.4, 0.5) is 0 Å². The van der Waals surface area contributed by atoms with Crippen LogP contribution in [0, 0.1) is 11.8 Å². The number of halogens is 1. The normalized spacial score (nSPS) is 37.9. The molecule has 1 saturated heterocycles. The predicted molar refractivity (Wildman–Crippen MR) is 59.7 cm³/mol. The topological polar surface area (TPSA) is 9.23 Å². The van der Waals surface area contributed by atoms with Crippen LogP contribution in [-0.2, 0) is 4.74 Å². The molecule has 0 radical (unpaired) electrons. The van der Waals surface area contributed by atoms with Gasteiger partial charge in [0.25, 0.3) is 0 Å². The standard InChI is InChI=1S/C12H21ClO/c1-12(2)11(13)10(8-14-12)7-9-5-3-4-6-9/h9-11H,3-8H2,1-2H3. The van der Waals surface area contributed by atoms with Gasteiger partial charge in [-0.25, -0.2) is 0 Å². The van der Waals surface area contributed by atoms with Crippen LogP contribution >= 0.6 is 11.6 Å². The maximum Gasteiger partial charge on any atom is 0.0793 e. The van der Waals surface area contributed by atoms with E-state index in [0.29, 0.717) is 5.92 Å². The highest BCUT2D eigenvalue weighted by molar-refractivity contribution is 6.21. The van der Waals surface area contributed by atoms with E-state index >= 15 is 0 Å². The van der Waals surface area contributed by atoms with Crippen molar-refractivity contribution in [2.75, 3.05) is 6.61 Å². The minimum Gasteiger partial charge on any atom is -0.374 e. The first-order chi connectivity index (χ1) is 6.59. The molecule has 2 heteroatoms. The molecule has 1 aliphatic carbocycles. The summed E-state index contributed by atoms with van der Waals surface area (Å²) in [5, 5.41) is 0.211. The highest BCUT2D eigenvalue weighted by atomic mass is 35.5. The Bertz CT molecular complexity index is 196. The molecule has 0 bridgehead atoms. The second-order valence-electron chi connectivity index (χ2n) is 5.46. The Morgan fingerprint density at radius 1 is 1.29 bits per heavy atom. The van der Waals surface area contributed by atoms with Crippen LogP contribution in [0.3, 0.4) is 0 Å². The van der Waals surface area contributed by atoms with Gasteiger partial charge in [0, 0.05) is 5.92 Å². The van der Waals surface area contributed by atoms with E-state index in [4.69, 9.17) is 16.3 Å². The smallest absolute Gasteiger partial charge is 0.0793 e. The lowest BCUT2D eigenvalue weighted by molar-refractivity contribution is 0.0360. The first kappa shape index (κ1) is 10.8. The highest BCUT2D eigenvalue weighted by Crippen LogP contribution is 2.40. The molecule has 1 saturated carbocycles. The zero-order valence-electron chi connectivity index (χ0n) is 9.26. The van der Waals surface area contributed by atoms with E-state index in [9.17, 15) is 0 Å². The molecule has 2 unspecified atom stereocenters. The summed E-state index contributed by atoms with van der Waals surface area (Å²) in [6.07, 6.45) is 6.97. The maximum absolute atomic E-state index is 6.42. The molecule has 1 heterocycles. The average molecular weight is 217 g/mol. The van der Waals surface area contributed by atoms with Crippen LogP contribution in [0.15, 0.2) is 0 Å². The zero-order chi connectivity index (χ0) is 10.2. The van der Waals surface area contributed by atoms with Gasteiger partial charge in [0.05, 0.1) is 17.6 Å². The van der Waals surface area contributed by atoms with Gasteiger partial charge in [0.15, 0.2) is 0 Å². The summed E-state index contributed by atoms with van der Waals surface area (Å²) in [6.45, 7) is 5.09. The van der Waals surface area contributed by atoms with Gasteiger partial charge in [-0.3, -0.25) is 0 Å². The summed E-state index contributed by atoms with van der Waals surface area (Å²) in [6, 6.07) is 0. The number of hydrogen-bond acceptors (Lipinski definition) is 1. The summed E-state index contributed by atoms with van der Waals surface area (Å²) >= 11 is 6.42. The molecule has 82 valence electrons. The van der Waals surface area contributed by atoms with Gasteiger partial charge in [-0.2, -0.15) is 0 Å². The van der Waals surface area contributed by atoms with E-state index in [1.54, 1.807) is 0 Å². The SMILES string of the molecule is CC1(C)OCC(CC2CCCC2)C1Cl. The monoisotopic (exact) mass is 216 g/mol. The molecule has 0 aromatic heterocycles. The fourth-order valence-electron chi connectivity index (χ4n) is 2.92. The lowest BCUT2D eigenvalue weighted by Crippen LogP contribution is -2.31. The van der Waals surface area contributed by atoms with Crippen molar-refractivity contribution in [3.63, 3.8) is 0 Å². The van der Waals surface area contributed by atoms with Crippen molar-refractivity contribution in [1.82, 2.24) is 0 Å². The fraction of sp³-hybridized carbons (Fsp3) is 1.00. The third-order valence-corrected chi connectivity index (χ3v) is 4.74. The van der Waals surface area contributed by atoms with E-state index in [2.05, 4.69) is 13.8 Å². The first-order valence-electron chi connectivity index (χ1n) is 5.87. The molecule has 2 aliphatic rings. The van der Waals surface area contributed by atoms with Gasteiger partial charge in [-0.1, -0.05) is 25.7 Å². The number of hydrogen-bond donors (Lipinski definition) is 0. The highest BCUT2D eigenvalue weighted by Gasteiger charge is 2.42. The molecule has 0 aromatic rings. The molecule has 0 amide bonds.